The number of terminal acetylenes is 1. The quantitative estimate of drug-likeness (QED) is 0.686. The van der Waals surface area contributed by atoms with Crippen LogP contribution in [0.3, 0.4) is 0 Å². The van der Waals surface area contributed by atoms with Crippen LogP contribution in [0.5, 0.6) is 0 Å². The molecule has 2 nitrogen and oxygen atoms in total. The van der Waals surface area contributed by atoms with Crippen LogP contribution in [0.2, 0.25) is 0 Å². The molecule has 1 aromatic carbocycles. The van der Waals surface area contributed by atoms with E-state index in [2.05, 4.69) is 5.92 Å². The largest absolute Gasteiger partial charge is 0.328 e. The summed E-state index contributed by atoms with van der Waals surface area (Å²) in [7, 11) is 0. The van der Waals surface area contributed by atoms with Crippen molar-refractivity contribution in [2.24, 2.45) is 0 Å². The summed E-state index contributed by atoms with van der Waals surface area (Å²) in [6, 6.07) is 7.54. The lowest BCUT2D eigenvalue weighted by Crippen LogP contribution is -2.31. The van der Waals surface area contributed by atoms with E-state index in [9.17, 15) is 4.79 Å². The number of hydrogen-bond donors (Lipinski definition) is 0. The Morgan fingerprint density at radius 2 is 2.13 bits per heavy atom. The van der Waals surface area contributed by atoms with Gasteiger partial charge in [-0.1, -0.05) is 24.1 Å². The van der Waals surface area contributed by atoms with Gasteiger partial charge in [-0.25, -0.2) is 0 Å². The van der Waals surface area contributed by atoms with E-state index in [0.717, 1.165) is 11.1 Å². The second-order valence-corrected chi connectivity index (χ2v) is 3.34. The van der Waals surface area contributed by atoms with Gasteiger partial charge in [-0.2, -0.15) is 0 Å². The van der Waals surface area contributed by atoms with Gasteiger partial charge >= 0.3 is 0 Å². The minimum absolute atomic E-state index is 0.00792. The number of carbonyl (C=O) groups is 1. The molecule has 0 heterocycles. The Morgan fingerprint density at radius 1 is 1.47 bits per heavy atom. The van der Waals surface area contributed by atoms with E-state index in [1.165, 1.54) is 0 Å². The van der Waals surface area contributed by atoms with E-state index in [4.69, 9.17) is 6.42 Å². The Labute approximate surface area is 90.9 Å². The van der Waals surface area contributed by atoms with Gasteiger partial charge < -0.3 is 4.90 Å². The molecule has 2 heteroatoms. The molecule has 0 N–H and O–H groups in total. The molecule has 1 amide bonds. The van der Waals surface area contributed by atoms with Crippen molar-refractivity contribution in [1.29, 1.82) is 0 Å². The molecular weight excluding hydrogens is 186 g/mol. The van der Waals surface area contributed by atoms with Crippen LogP contribution in [0.1, 0.15) is 22.8 Å². The highest BCUT2D eigenvalue weighted by molar-refractivity contribution is 5.95. The molecular formula is C13H15NO. The standard InChI is InChI=1S/C13H15NO/c1-4-10-14(5-2)13(15)12-9-7-6-8-11(12)3/h1,6-9H,5,10H2,2-3H3. The van der Waals surface area contributed by atoms with Crippen molar-refractivity contribution in [3.05, 3.63) is 35.4 Å². The minimum atomic E-state index is 0.00792. The molecule has 78 valence electrons. The SMILES string of the molecule is C#CCN(CC)C(=O)c1ccccc1C. The number of nitrogens with zero attached hydrogens (tertiary/aromatic N) is 1. The second-order valence-electron chi connectivity index (χ2n) is 3.34. The highest BCUT2D eigenvalue weighted by atomic mass is 16.2. The number of amides is 1. The Hall–Kier alpha value is -1.75. The number of carbonyl (C=O) groups excluding carboxylic acids is 1. The van der Waals surface area contributed by atoms with Crippen molar-refractivity contribution >= 4 is 5.91 Å². The van der Waals surface area contributed by atoms with E-state index in [1.807, 2.05) is 38.1 Å². The maximum atomic E-state index is 12.0. The molecule has 0 aliphatic heterocycles. The fourth-order valence-electron chi connectivity index (χ4n) is 1.42. The fourth-order valence-corrected chi connectivity index (χ4v) is 1.42. The molecule has 0 aliphatic rings. The molecule has 0 spiro atoms. The number of rotatable bonds is 3. The molecule has 0 unspecified atom stereocenters. The Balaban J connectivity index is 2.94. The molecule has 0 radical (unpaired) electrons. The minimum Gasteiger partial charge on any atom is -0.328 e. The average Bonchev–Trinajstić information content (AvgIpc) is 2.25. The summed E-state index contributed by atoms with van der Waals surface area (Å²) >= 11 is 0. The van der Waals surface area contributed by atoms with Crippen molar-refractivity contribution in [2.45, 2.75) is 13.8 Å². The smallest absolute Gasteiger partial charge is 0.254 e. The third kappa shape index (κ3) is 2.60. The molecule has 0 aliphatic carbocycles. The van der Waals surface area contributed by atoms with E-state index in [0.29, 0.717) is 13.1 Å². The Kier molecular flexibility index (Phi) is 3.93. The molecule has 0 fully saturated rings. The van der Waals surface area contributed by atoms with Crippen LogP contribution in [0.4, 0.5) is 0 Å². The van der Waals surface area contributed by atoms with E-state index < -0.39 is 0 Å². The number of aryl methyl sites for hydroxylation is 1. The van der Waals surface area contributed by atoms with Gasteiger partial charge in [0.1, 0.15) is 0 Å². The van der Waals surface area contributed by atoms with Crippen LogP contribution in [0.15, 0.2) is 24.3 Å². The summed E-state index contributed by atoms with van der Waals surface area (Å²) in [5.74, 6) is 2.50. The van der Waals surface area contributed by atoms with Crippen LogP contribution >= 0.6 is 0 Å². The topological polar surface area (TPSA) is 20.3 Å². The van der Waals surface area contributed by atoms with Gasteiger partial charge in [0.05, 0.1) is 6.54 Å². The molecule has 0 saturated heterocycles. The fraction of sp³-hybridized carbons (Fsp3) is 0.308. The summed E-state index contributed by atoms with van der Waals surface area (Å²) in [5, 5.41) is 0. The first-order chi connectivity index (χ1) is 7.20. The maximum absolute atomic E-state index is 12.0. The second kappa shape index (κ2) is 5.21. The van der Waals surface area contributed by atoms with Crippen LogP contribution in [0.25, 0.3) is 0 Å². The summed E-state index contributed by atoms with van der Waals surface area (Å²) < 4.78 is 0. The lowest BCUT2D eigenvalue weighted by atomic mass is 10.1. The molecule has 0 atom stereocenters. The lowest BCUT2D eigenvalue weighted by molar-refractivity contribution is 0.0784. The van der Waals surface area contributed by atoms with Crippen molar-refractivity contribution in [1.82, 2.24) is 4.90 Å². The van der Waals surface area contributed by atoms with Gasteiger partial charge in [-0.3, -0.25) is 4.79 Å². The van der Waals surface area contributed by atoms with Crippen molar-refractivity contribution < 1.29 is 4.79 Å². The van der Waals surface area contributed by atoms with Crippen LogP contribution in [-0.4, -0.2) is 23.9 Å². The summed E-state index contributed by atoms with van der Waals surface area (Å²) in [5.41, 5.74) is 1.72. The molecule has 1 aromatic rings. The molecule has 15 heavy (non-hydrogen) atoms. The van der Waals surface area contributed by atoms with Gasteiger partial charge in [0.25, 0.3) is 5.91 Å². The Morgan fingerprint density at radius 3 is 2.67 bits per heavy atom. The molecule has 0 saturated carbocycles. The van der Waals surface area contributed by atoms with Gasteiger partial charge in [0, 0.05) is 12.1 Å². The summed E-state index contributed by atoms with van der Waals surface area (Å²) in [6.07, 6.45) is 5.22. The molecule has 1 rings (SSSR count). The highest BCUT2D eigenvalue weighted by Crippen LogP contribution is 2.10. The van der Waals surface area contributed by atoms with E-state index in [-0.39, 0.29) is 5.91 Å². The van der Waals surface area contributed by atoms with Gasteiger partial charge in [0.15, 0.2) is 0 Å². The normalized spacial score (nSPS) is 9.40. The third-order valence-electron chi connectivity index (χ3n) is 2.33. The Bertz CT molecular complexity index is 390. The predicted octanol–water partition coefficient (Wildman–Crippen LogP) is 2.09. The number of benzene rings is 1. The van der Waals surface area contributed by atoms with Gasteiger partial charge in [0.2, 0.25) is 0 Å². The van der Waals surface area contributed by atoms with Crippen LogP contribution in [-0.2, 0) is 0 Å². The lowest BCUT2D eigenvalue weighted by Gasteiger charge is -2.18. The van der Waals surface area contributed by atoms with Crippen LogP contribution < -0.4 is 0 Å². The van der Waals surface area contributed by atoms with Crippen LogP contribution in [0, 0.1) is 19.3 Å². The molecule has 0 bridgehead atoms. The first-order valence-corrected chi connectivity index (χ1v) is 4.99. The highest BCUT2D eigenvalue weighted by Gasteiger charge is 2.14. The van der Waals surface area contributed by atoms with Gasteiger partial charge in [-0.15, -0.1) is 6.42 Å². The predicted molar refractivity (Wildman–Crippen MR) is 61.6 cm³/mol. The number of hydrogen-bond acceptors (Lipinski definition) is 1. The monoisotopic (exact) mass is 201 g/mol. The van der Waals surface area contributed by atoms with Crippen molar-refractivity contribution in [3.8, 4) is 12.3 Å². The molecule has 0 aromatic heterocycles. The van der Waals surface area contributed by atoms with Crippen molar-refractivity contribution in [2.75, 3.05) is 13.1 Å². The zero-order chi connectivity index (χ0) is 11.3. The van der Waals surface area contributed by atoms with E-state index >= 15 is 0 Å². The van der Waals surface area contributed by atoms with Crippen molar-refractivity contribution in [3.63, 3.8) is 0 Å². The summed E-state index contributed by atoms with van der Waals surface area (Å²) in [4.78, 5) is 13.7. The summed E-state index contributed by atoms with van der Waals surface area (Å²) in [6.45, 7) is 4.85. The zero-order valence-electron chi connectivity index (χ0n) is 9.16. The average molecular weight is 201 g/mol. The first kappa shape index (κ1) is 11.3. The van der Waals surface area contributed by atoms with Gasteiger partial charge in [-0.05, 0) is 25.5 Å². The van der Waals surface area contributed by atoms with E-state index in [1.54, 1.807) is 4.90 Å². The third-order valence-corrected chi connectivity index (χ3v) is 2.33. The first-order valence-electron chi connectivity index (χ1n) is 4.99. The zero-order valence-corrected chi connectivity index (χ0v) is 9.16. The maximum Gasteiger partial charge on any atom is 0.254 e.